The average Bonchev–Trinajstić information content (AvgIpc) is 3.24. The van der Waals surface area contributed by atoms with E-state index in [1.807, 2.05) is 72.3 Å². The van der Waals surface area contributed by atoms with Gasteiger partial charge in [-0.25, -0.2) is 0 Å². The molecule has 3 heterocycles. The predicted molar refractivity (Wildman–Crippen MR) is 115 cm³/mol. The van der Waals surface area contributed by atoms with Crippen molar-refractivity contribution < 1.29 is 14.3 Å². The van der Waals surface area contributed by atoms with Crippen LogP contribution in [0.25, 0.3) is 0 Å². The minimum Gasteiger partial charge on any atom is -0.375 e. The Kier molecular flexibility index (Phi) is 5.74. The van der Waals surface area contributed by atoms with E-state index in [1.165, 1.54) is 0 Å². The Morgan fingerprint density at radius 2 is 1.93 bits per heavy atom. The number of morpholine rings is 1. The van der Waals surface area contributed by atoms with E-state index in [2.05, 4.69) is 0 Å². The number of piperidine rings is 1. The fourth-order valence-corrected chi connectivity index (χ4v) is 5.25. The summed E-state index contributed by atoms with van der Waals surface area (Å²) in [7, 11) is 0. The molecule has 2 amide bonds. The summed E-state index contributed by atoms with van der Waals surface area (Å²) < 4.78 is 5.72. The number of aryl methyl sites for hydroxylation is 1. The highest BCUT2D eigenvalue weighted by atomic mass is 32.1. The monoisotopic (exact) mass is 412 g/mol. The van der Waals surface area contributed by atoms with Gasteiger partial charge in [-0.15, -0.1) is 11.3 Å². The molecule has 1 aromatic heterocycles. The van der Waals surface area contributed by atoms with Gasteiger partial charge in [-0.1, -0.05) is 23.8 Å². The molecule has 2 aromatic rings. The number of hydrogen-bond donors (Lipinski definition) is 0. The van der Waals surface area contributed by atoms with Crippen molar-refractivity contribution in [2.45, 2.75) is 51.8 Å². The molecule has 4 unspecified atom stereocenters. The van der Waals surface area contributed by atoms with Crippen LogP contribution in [0.5, 0.6) is 0 Å². The van der Waals surface area contributed by atoms with Gasteiger partial charge in [0.15, 0.2) is 0 Å². The van der Waals surface area contributed by atoms with E-state index < -0.39 is 0 Å². The molecule has 6 heteroatoms. The molecule has 1 aromatic carbocycles. The fraction of sp³-hybridized carbons (Fsp3) is 0.478. The van der Waals surface area contributed by atoms with E-state index in [1.54, 1.807) is 11.3 Å². The fourth-order valence-electron chi connectivity index (χ4n) is 4.37. The summed E-state index contributed by atoms with van der Waals surface area (Å²) in [5.74, 6) is -0.0317. The van der Waals surface area contributed by atoms with Crippen molar-refractivity contribution in [3.05, 3.63) is 52.2 Å². The largest absolute Gasteiger partial charge is 0.375 e. The standard InChI is InChI=1S/C23H28N2O3S/c1-15-6-8-18(9-7-15)25-21(26)11-10-19(22(25)20-5-4-12-29-20)23(27)24-13-17(3)28-14-16(24)2/h4-9,12,16-17,19,22H,10-11,13-14H2,1-3H3. The van der Waals surface area contributed by atoms with Crippen molar-refractivity contribution in [2.75, 3.05) is 18.1 Å². The van der Waals surface area contributed by atoms with Crippen molar-refractivity contribution in [3.63, 3.8) is 0 Å². The van der Waals surface area contributed by atoms with Gasteiger partial charge in [0.1, 0.15) is 0 Å². The number of carbonyl (C=O) groups is 2. The molecule has 0 spiro atoms. The molecule has 29 heavy (non-hydrogen) atoms. The molecule has 0 radical (unpaired) electrons. The lowest BCUT2D eigenvalue weighted by Gasteiger charge is -2.44. The van der Waals surface area contributed by atoms with Gasteiger partial charge in [0.2, 0.25) is 11.8 Å². The first-order chi connectivity index (χ1) is 14.0. The second-order valence-electron chi connectivity index (χ2n) is 8.19. The third-order valence-electron chi connectivity index (χ3n) is 5.95. The van der Waals surface area contributed by atoms with Gasteiger partial charge in [0.25, 0.3) is 0 Å². The molecule has 0 aliphatic carbocycles. The molecule has 0 saturated carbocycles. The smallest absolute Gasteiger partial charge is 0.228 e. The van der Waals surface area contributed by atoms with E-state index in [4.69, 9.17) is 4.74 Å². The molecule has 0 N–H and O–H groups in total. The molecule has 0 bridgehead atoms. The lowest BCUT2D eigenvalue weighted by atomic mass is 9.85. The summed E-state index contributed by atoms with van der Waals surface area (Å²) in [5, 5.41) is 2.02. The van der Waals surface area contributed by atoms with Crippen molar-refractivity contribution >= 4 is 28.8 Å². The topological polar surface area (TPSA) is 49.9 Å². The molecular weight excluding hydrogens is 384 g/mol. The number of hydrogen-bond acceptors (Lipinski definition) is 4. The molecule has 2 aliphatic rings. The number of thiophene rings is 1. The van der Waals surface area contributed by atoms with Crippen LogP contribution >= 0.6 is 11.3 Å². The summed E-state index contributed by atoms with van der Waals surface area (Å²) in [5.41, 5.74) is 2.01. The molecule has 154 valence electrons. The van der Waals surface area contributed by atoms with Crippen LogP contribution in [-0.2, 0) is 14.3 Å². The van der Waals surface area contributed by atoms with Crippen LogP contribution in [0.1, 0.15) is 43.2 Å². The zero-order chi connectivity index (χ0) is 20.5. The Balaban J connectivity index is 1.72. The summed E-state index contributed by atoms with van der Waals surface area (Å²) in [6.45, 7) is 7.24. The summed E-state index contributed by atoms with van der Waals surface area (Å²) in [6, 6.07) is 11.8. The van der Waals surface area contributed by atoms with Crippen molar-refractivity contribution in [2.24, 2.45) is 5.92 Å². The molecule has 2 saturated heterocycles. The van der Waals surface area contributed by atoms with Crippen LogP contribution in [0.3, 0.4) is 0 Å². The Bertz CT molecular complexity index is 865. The molecular formula is C23H28N2O3S. The number of amides is 2. The first-order valence-electron chi connectivity index (χ1n) is 10.3. The highest BCUT2D eigenvalue weighted by Crippen LogP contribution is 2.42. The van der Waals surface area contributed by atoms with Gasteiger partial charge in [0.05, 0.1) is 30.7 Å². The predicted octanol–water partition coefficient (Wildman–Crippen LogP) is 4.18. The van der Waals surface area contributed by atoms with E-state index in [0.717, 1.165) is 16.1 Å². The molecule has 5 nitrogen and oxygen atoms in total. The number of anilines is 1. The van der Waals surface area contributed by atoms with E-state index in [9.17, 15) is 9.59 Å². The average molecular weight is 413 g/mol. The van der Waals surface area contributed by atoms with Crippen LogP contribution < -0.4 is 4.90 Å². The first-order valence-corrected chi connectivity index (χ1v) is 11.2. The van der Waals surface area contributed by atoms with Crippen LogP contribution in [0.4, 0.5) is 5.69 Å². The number of nitrogens with zero attached hydrogens (tertiary/aromatic N) is 2. The maximum atomic E-state index is 13.7. The Labute approximate surface area is 176 Å². The van der Waals surface area contributed by atoms with Gasteiger partial charge in [-0.3, -0.25) is 9.59 Å². The Hall–Kier alpha value is -2.18. The zero-order valence-electron chi connectivity index (χ0n) is 17.2. The first kappa shape index (κ1) is 20.1. The molecule has 2 fully saturated rings. The van der Waals surface area contributed by atoms with Crippen LogP contribution in [0.2, 0.25) is 0 Å². The lowest BCUT2D eigenvalue weighted by molar-refractivity contribution is -0.149. The van der Waals surface area contributed by atoms with Gasteiger partial charge < -0.3 is 14.5 Å². The normalized spacial score (nSPS) is 27.9. The number of carbonyl (C=O) groups excluding carboxylic acids is 2. The third-order valence-corrected chi connectivity index (χ3v) is 6.90. The van der Waals surface area contributed by atoms with E-state index in [-0.39, 0.29) is 35.9 Å². The molecule has 4 rings (SSSR count). The minimum atomic E-state index is -0.267. The molecule has 4 atom stereocenters. The van der Waals surface area contributed by atoms with Crippen LogP contribution in [0, 0.1) is 12.8 Å². The van der Waals surface area contributed by atoms with Gasteiger partial charge in [-0.05, 0) is 50.8 Å². The Morgan fingerprint density at radius 1 is 1.17 bits per heavy atom. The number of rotatable bonds is 3. The maximum Gasteiger partial charge on any atom is 0.228 e. The Morgan fingerprint density at radius 3 is 2.62 bits per heavy atom. The lowest BCUT2D eigenvalue weighted by Crippen LogP contribution is -2.55. The zero-order valence-corrected chi connectivity index (χ0v) is 18.0. The summed E-state index contributed by atoms with van der Waals surface area (Å²) in [4.78, 5) is 31.6. The van der Waals surface area contributed by atoms with Crippen LogP contribution in [0.15, 0.2) is 41.8 Å². The van der Waals surface area contributed by atoms with Gasteiger partial charge in [0, 0.05) is 23.5 Å². The minimum absolute atomic E-state index is 0.0359. The number of ether oxygens (including phenoxy) is 1. The van der Waals surface area contributed by atoms with Crippen molar-refractivity contribution in [3.8, 4) is 0 Å². The van der Waals surface area contributed by atoms with E-state index in [0.29, 0.717) is 26.0 Å². The highest BCUT2D eigenvalue weighted by Gasteiger charge is 2.44. The summed E-state index contributed by atoms with van der Waals surface area (Å²) in [6.07, 6.45) is 1.01. The van der Waals surface area contributed by atoms with Crippen molar-refractivity contribution in [1.29, 1.82) is 0 Å². The second kappa shape index (κ2) is 8.28. The van der Waals surface area contributed by atoms with Gasteiger partial charge >= 0.3 is 0 Å². The third kappa shape index (κ3) is 3.96. The number of benzene rings is 1. The van der Waals surface area contributed by atoms with E-state index >= 15 is 0 Å². The highest BCUT2D eigenvalue weighted by molar-refractivity contribution is 7.10. The van der Waals surface area contributed by atoms with Crippen molar-refractivity contribution in [1.82, 2.24) is 4.90 Å². The summed E-state index contributed by atoms with van der Waals surface area (Å²) >= 11 is 1.61. The van der Waals surface area contributed by atoms with Crippen LogP contribution in [-0.4, -0.2) is 42.0 Å². The molecule has 2 aliphatic heterocycles. The SMILES string of the molecule is Cc1ccc(N2C(=O)CCC(C(=O)N3CC(C)OCC3C)C2c2cccs2)cc1. The van der Waals surface area contributed by atoms with Gasteiger partial charge in [-0.2, -0.15) is 0 Å². The quantitative estimate of drug-likeness (QED) is 0.760. The second-order valence-corrected chi connectivity index (χ2v) is 9.17. The maximum absolute atomic E-state index is 13.7.